The minimum atomic E-state index is -3.11. The van der Waals surface area contributed by atoms with Crippen LogP contribution in [0.4, 0.5) is 5.00 Å². The highest BCUT2D eigenvalue weighted by Crippen LogP contribution is 2.39. The van der Waals surface area contributed by atoms with Gasteiger partial charge in [0.15, 0.2) is 21.3 Å². The highest BCUT2D eigenvalue weighted by molar-refractivity contribution is 7.91. The smallest absolute Gasteiger partial charge is 0.269 e. The maximum atomic E-state index is 13.2. The Morgan fingerprint density at radius 3 is 2.66 bits per heavy atom. The number of para-hydroxylation sites is 2. The van der Waals surface area contributed by atoms with E-state index < -0.39 is 22.0 Å². The number of carbonyl (C=O) groups is 2. The minimum absolute atomic E-state index is 0.0422. The second-order valence-corrected chi connectivity index (χ2v) is 11.7. The van der Waals surface area contributed by atoms with Crippen LogP contribution in [0.1, 0.15) is 40.1 Å². The number of hydrogen-bond acceptors (Lipinski definition) is 7. The number of sulfone groups is 1. The van der Waals surface area contributed by atoms with E-state index in [4.69, 9.17) is 9.47 Å². The zero-order chi connectivity index (χ0) is 22.3. The summed E-state index contributed by atoms with van der Waals surface area (Å²) in [4.78, 5) is 27.3. The summed E-state index contributed by atoms with van der Waals surface area (Å²) < 4.78 is 35.0. The van der Waals surface area contributed by atoms with Gasteiger partial charge in [-0.25, -0.2) is 8.42 Å². The highest BCUT2D eigenvalue weighted by atomic mass is 32.2. The number of carbonyl (C=O) groups excluding carboxylic acids is 2. The van der Waals surface area contributed by atoms with Crippen molar-refractivity contribution in [1.82, 2.24) is 5.32 Å². The van der Waals surface area contributed by atoms with E-state index in [1.165, 1.54) is 11.3 Å². The van der Waals surface area contributed by atoms with E-state index in [-0.39, 0.29) is 29.9 Å². The predicted octanol–water partition coefficient (Wildman–Crippen LogP) is 2.32. The third kappa shape index (κ3) is 4.21. The van der Waals surface area contributed by atoms with E-state index in [9.17, 15) is 18.0 Å². The quantitative estimate of drug-likeness (QED) is 0.701. The average molecular weight is 477 g/mol. The molecule has 10 heteroatoms. The number of thiophene rings is 1. The first-order valence-corrected chi connectivity index (χ1v) is 13.4. The van der Waals surface area contributed by atoms with Gasteiger partial charge in [0.1, 0.15) is 11.6 Å². The molecule has 1 aliphatic carbocycles. The molecule has 0 unspecified atom stereocenters. The Labute approximate surface area is 190 Å². The first-order valence-electron chi connectivity index (χ1n) is 10.7. The van der Waals surface area contributed by atoms with E-state index >= 15 is 0 Å². The van der Waals surface area contributed by atoms with Crippen molar-refractivity contribution in [2.45, 2.75) is 44.2 Å². The fraction of sp³-hybridized carbons (Fsp3) is 0.455. The fourth-order valence-electron chi connectivity index (χ4n) is 4.40. The average Bonchev–Trinajstić information content (AvgIpc) is 3.31. The molecular weight excluding hydrogens is 452 g/mol. The molecule has 1 aromatic heterocycles. The summed E-state index contributed by atoms with van der Waals surface area (Å²) in [7, 11) is -3.11. The van der Waals surface area contributed by atoms with E-state index in [1.807, 2.05) is 12.1 Å². The van der Waals surface area contributed by atoms with Gasteiger partial charge in [-0.15, -0.1) is 11.3 Å². The summed E-state index contributed by atoms with van der Waals surface area (Å²) >= 11 is 1.42. The summed E-state index contributed by atoms with van der Waals surface area (Å²) in [5.74, 6) is 0.437. The maximum Gasteiger partial charge on any atom is 0.269 e. The van der Waals surface area contributed by atoms with E-state index in [0.717, 1.165) is 36.1 Å². The first kappa shape index (κ1) is 21.3. The van der Waals surface area contributed by atoms with Gasteiger partial charge in [-0.1, -0.05) is 12.1 Å². The minimum Gasteiger partial charge on any atom is -0.485 e. The van der Waals surface area contributed by atoms with Gasteiger partial charge in [0.05, 0.1) is 17.1 Å². The zero-order valence-corrected chi connectivity index (χ0v) is 19.0. The van der Waals surface area contributed by atoms with Gasteiger partial charge in [-0.3, -0.25) is 9.59 Å². The molecule has 0 spiro atoms. The molecule has 1 aromatic carbocycles. The number of hydrogen-bond donors (Lipinski definition) is 2. The fourth-order valence-corrected chi connectivity index (χ4v) is 7.36. The van der Waals surface area contributed by atoms with Gasteiger partial charge in [-0.2, -0.15) is 0 Å². The highest BCUT2D eigenvalue weighted by Gasteiger charge is 2.34. The molecular formula is C22H24N2O6S2. The molecule has 2 amide bonds. The number of anilines is 1. The molecule has 2 aliphatic heterocycles. The number of amides is 2. The molecule has 2 atom stereocenters. The molecule has 1 fully saturated rings. The van der Waals surface area contributed by atoms with Gasteiger partial charge in [-0.05, 0) is 49.8 Å². The van der Waals surface area contributed by atoms with Crippen LogP contribution in [-0.2, 0) is 27.5 Å². The van der Waals surface area contributed by atoms with Crippen molar-refractivity contribution >= 4 is 38.0 Å². The third-order valence-corrected chi connectivity index (χ3v) is 8.98. The van der Waals surface area contributed by atoms with Gasteiger partial charge >= 0.3 is 0 Å². The lowest BCUT2D eigenvalue weighted by Crippen LogP contribution is -2.41. The number of ether oxygens (including phenoxy) is 2. The molecule has 5 rings (SSSR count). The van der Waals surface area contributed by atoms with Crippen molar-refractivity contribution < 1.29 is 27.5 Å². The molecule has 8 nitrogen and oxygen atoms in total. The second kappa shape index (κ2) is 8.40. The topological polar surface area (TPSA) is 111 Å². The third-order valence-electron chi connectivity index (χ3n) is 6.00. The van der Waals surface area contributed by atoms with Crippen LogP contribution >= 0.6 is 11.3 Å². The lowest BCUT2D eigenvalue weighted by Gasteiger charge is -2.25. The Kier molecular flexibility index (Phi) is 5.58. The van der Waals surface area contributed by atoms with Gasteiger partial charge in [0, 0.05) is 10.9 Å². The summed E-state index contributed by atoms with van der Waals surface area (Å²) in [5.41, 5.74) is 1.42. The van der Waals surface area contributed by atoms with E-state index in [1.54, 1.807) is 12.1 Å². The molecule has 1 saturated heterocycles. The van der Waals surface area contributed by atoms with Crippen molar-refractivity contribution in [3.63, 3.8) is 0 Å². The van der Waals surface area contributed by atoms with Gasteiger partial charge < -0.3 is 20.1 Å². The number of fused-ring (bicyclic) bond motifs is 2. The zero-order valence-electron chi connectivity index (χ0n) is 17.4. The van der Waals surface area contributed by atoms with Crippen LogP contribution in [0.15, 0.2) is 24.3 Å². The summed E-state index contributed by atoms with van der Waals surface area (Å²) in [6.45, 7) is 0.0788. The Balaban J connectivity index is 1.36. The molecule has 3 heterocycles. The standard InChI is InChI=1S/C22H24N2O6S2/c25-20(17-11-29-15-6-2-3-7-16(15)30-17)24-22-19(14-5-1-4-8-18(14)31-22)21(26)23-13-9-10-32(27,28)12-13/h2-3,6-7,13,17H,1,4-5,8-12H2,(H,23,26)(H,24,25)/t13-,17+/m1/s1. The number of nitrogens with one attached hydrogen (secondary N) is 2. The molecule has 32 heavy (non-hydrogen) atoms. The number of rotatable bonds is 4. The van der Waals surface area contributed by atoms with Crippen molar-refractivity contribution in [3.8, 4) is 11.5 Å². The van der Waals surface area contributed by atoms with Crippen LogP contribution in [0, 0.1) is 0 Å². The van der Waals surface area contributed by atoms with Gasteiger partial charge in [0.25, 0.3) is 11.8 Å². The monoisotopic (exact) mass is 476 g/mol. The Bertz CT molecular complexity index is 1170. The SMILES string of the molecule is O=C(N[C@@H]1CCS(=O)(=O)C1)c1c(NC(=O)[C@@H]2COc3ccccc3O2)sc2c1CCCC2. The van der Waals surface area contributed by atoms with Crippen LogP contribution in [0.5, 0.6) is 11.5 Å². The summed E-state index contributed by atoms with van der Waals surface area (Å²) in [6, 6.07) is 6.76. The van der Waals surface area contributed by atoms with Crippen LogP contribution in [0.25, 0.3) is 0 Å². The molecule has 0 radical (unpaired) electrons. The van der Waals surface area contributed by atoms with Gasteiger partial charge in [0.2, 0.25) is 6.10 Å². The van der Waals surface area contributed by atoms with Crippen molar-refractivity contribution in [2.24, 2.45) is 0 Å². The van der Waals surface area contributed by atoms with Crippen LogP contribution in [0.2, 0.25) is 0 Å². The molecule has 2 N–H and O–H groups in total. The number of benzene rings is 1. The Hall–Kier alpha value is -2.59. The van der Waals surface area contributed by atoms with Crippen LogP contribution in [0.3, 0.4) is 0 Å². The number of aryl methyl sites for hydroxylation is 1. The summed E-state index contributed by atoms with van der Waals surface area (Å²) in [6.07, 6.45) is 3.23. The lowest BCUT2D eigenvalue weighted by molar-refractivity contribution is -0.125. The van der Waals surface area contributed by atoms with E-state index in [2.05, 4.69) is 10.6 Å². The van der Waals surface area contributed by atoms with E-state index in [0.29, 0.717) is 28.5 Å². The normalized spacial score (nSPS) is 23.2. The van der Waals surface area contributed by atoms with Crippen molar-refractivity contribution in [1.29, 1.82) is 0 Å². The molecule has 3 aliphatic rings. The molecule has 0 saturated carbocycles. The van der Waals surface area contributed by atoms with Crippen molar-refractivity contribution in [3.05, 3.63) is 40.3 Å². The maximum absolute atomic E-state index is 13.2. The largest absolute Gasteiger partial charge is 0.485 e. The molecule has 0 bridgehead atoms. The second-order valence-electron chi connectivity index (χ2n) is 8.34. The van der Waals surface area contributed by atoms with Crippen LogP contribution in [-0.4, -0.2) is 50.5 Å². The predicted molar refractivity (Wildman–Crippen MR) is 120 cm³/mol. The summed E-state index contributed by atoms with van der Waals surface area (Å²) in [5, 5.41) is 6.25. The molecule has 170 valence electrons. The molecule has 2 aromatic rings. The van der Waals surface area contributed by atoms with Crippen molar-refractivity contribution in [2.75, 3.05) is 23.4 Å². The van der Waals surface area contributed by atoms with Crippen LogP contribution < -0.4 is 20.1 Å². The first-order chi connectivity index (χ1) is 15.4. The lowest BCUT2D eigenvalue weighted by atomic mass is 9.95. The Morgan fingerprint density at radius 1 is 1.09 bits per heavy atom. The Morgan fingerprint density at radius 2 is 1.88 bits per heavy atom.